The minimum absolute atomic E-state index is 0.111. The van der Waals surface area contributed by atoms with Gasteiger partial charge in [0.2, 0.25) is 0 Å². The number of aliphatic hydroxyl groups is 1. The maximum atomic E-state index is 10.7. The molecule has 2 aliphatic carbocycles. The molecule has 0 aromatic heterocycles. The molecular formula is C24H36O4. The Labute approximate surface area is 169 Å². The molecule has 4 heteroatoms. The minimum atomic E-state index is -0.138. The highest BCUT2D eigenvalue weighted by Crippen LogP contribution is 2.61. The van der Waals surface area contributed by atoms with Crippen LogP contribution in [0, 0.1) is 22.7 Å². The molecular weight excluding hydrogens is 352 g/mol. The summed E-state index contributed by atoms with van der Waals surface area (Å²) in [5, 5.41) is 20.2. The highest BCUT2D eigenvalue weighted by molar-refractivity contribution is 5.48. The number of ether oxygens (including phenoxy) is 2. The van der Waals surface area contributed by atoms with Gasteiger partial charge in [-0.25, -0.2) is 0 Å². The fraction of sp³-hybridized carbons (Fsp3) is 0.667. The molecule has 2 fully saturated rings. The molecule has 2 aliphatic rings. The van der Waals surface area contributed by atoms with Crippen LogP contribution in [0.2, 0.25) is 0 Å². The molecule has 0 heterocycles. The summed E-state index contributed by atoms with van der Waals surface area (Å²) in [6.07, 6.45) is 6.70. The van der Waals surface area contributed by atoms with Gasteiger partial charge in [0.25, 0.3) is 0 Å². The summed E-state index contributed by atoms with van der Waals surface area (Å²) in [6, 6.07) is 3.45. The summed E-state index contributed by atoms with van der Waals surface area (Å²) in [5.41, 5.74) is 3.24. The van der Waals surface area contributed by atoms with Crippen molar-refractivity contribution in [1.29, 1.82) is 0 Å². The number of hydrogen-bond acceptors (Lipinski definition) is 4. The quantitative estimate of drug-likeness (QED) is 0.519. The van der Waals surface area contributed by atoms with Crippen LogP contribution in [0.25, 0.3) is 0 Å². The molecule has 0 radical (unpaired) electrons. The fourth-order valence-corrected chi connectivity index (χ4v) is 6.09. The number of aliphatic hydroxyl groups excluding tert-OH is 1. The van der Waals surface area contributed by atoms with Crippen LogP contribution in [-0.2, 0) is 17.8 Å². The van der Waals surface area contributed by atoms with Crippen molar-refractivity contribution in [2.45, 2.75) is 65.9 Å². The van der Waals surface area contributed by atoms with E-state index in [1.54, 1.807) is 13.2 Å². The van der Waals surface area contributed by atoms with Gasteiger partial charge in [0.05, 0.1) is 6.61 Å². The zero-order chi connectivity index (χ0) is 20.5. The third-order valence-electron chi connectivity index (χ3n) is 7.49. The van der Waals surface area contributed by atoms with Crippen LogP contribution in [0.4, 0.5) is 0 Å². The lowest BCUT2D eigenvalue weighted by molar-refractivity contribution is -0.0520. The molecule has 0 amide bonds. The number of aromatic hydroxyl groups is 1. The smallest absolute Gasteiger partial charge is 0.188 e. The number of methoxy groups -OCH3 is 1. The minimum Gasteiger partial charge on any atom is -0.508 e. The van der Waals surface area contributed by atoms with Crippen LogP contribution in [0.5, 0.6) is 11.5 Å². The molecule has 2 saturated carbocycles. The predicted octanol–water partition coefficient (Wildman–Crippen LogP) is 5.21. The topological polar surface area (TPSA) is 58.9 Å². The molecule has 2 N–H and O–H groups in total. The maximum Gasteiger partial charge on any atom is 0.188 e. The molecule has 3 atom stereocenters. The standard InChI is InChI=1S/C24H36O4/c1-16-7-8-22-23(2,3)9-6-10-24(22,4)19(16)13-18-20(26)11-17(14-25)12-21(18)28-15-27-5/h11-12,19,22,25-26H,1,6-10,13-15H2,2-5H3/t19-,22-,24+/m0/s1. The number of phenols is 1. The molecule has 156 valence electrons. The number of hydrogen-bond donors (Lipinski definition) is 2. The van der Waals surface area contributed by atoms with E-state index in [-0.39, 0.29) is 24.6 Å². The van der Waals surface area contributed by atoms with Gasteiger partial charge in [-0.1, -0.05) is 39.3 Å². The summed E-state index contributed by atoms with van der Waals surface area (Å²) < 4.78 is 10.8. The van der Waals surface area contributed by atoms with E-state index in [0.717, 1.165) is 12.0 Å². The maximum absolute atomic E-state index is 10.7. The summed E-state index contributed by atoms with van der Waals surface area (Å²) >= 11 is 0. The van der Waals surface area contributed by atoms with E-state index in [1.165, 1.54) is 31.3 Å². The van der Waals surface area contributed by atoms with Crippen molar-refractivity contribution < 1.29 is 19.7 Å². The number of phenolic OH excluding ortho intramolecular Hbond substituents is 1. The first kappa shape index (κ1) is 21.2. The van der Waals surface area contributed by atoms with E-state index in [9.17, 15) is 10.2 Å². The first-order valence-corrected chi connectivity index (χ1v) is 10.5. The van der Waals surface area contributed by atoms with E-state index in [1.807, 2.05) is 6.07 Å². The fourth-order valence-electron chi connectivity index (χ4n) is 6.09. The zero-order valence-electron chi connectivity index (χ0n) is 17.9. The Morgan fingerprint density at radius 1 is 1.21 bits per heavy atom. The summed E-state index contributed by atoms with van der Waals surface area (Å²) in [5.74, 6) is 1.75. The number of fused-ring (bicyclic) bond motifs is 1. The van der Waals surface area contributed by atoms with Gasteiger partial charge >= 0.3 is 0 Å². The molecule has 3 rings (SSSR count). The van der Waals surface area contributed by atoms with E-state index < -0.39 is 0 Å². The SMILES string of the molecule is C=C1CC[C@H]2C(C)(C)CCC[C@]2(C)[C@H]1Cc1c(O)cc(CO)cc1OCOC. The Balaban J connectivity index is 1.98. The van der Waals surface area contributed by atoms with E-state index in [4.69, 9.17) is 9.47 Å². The van der Waals surface area contributed by atoms with Gasteiger partial charge in [-0.2, -0.15) is 0 Å². The van der Waals surface area contributed by atoms with Gasteiger partial charge in [-0.15, -0.1) is 0 Å². The second-order valence-electron chi connectivity index (χ2n) is 9.65. The Hall–Kier alpha value is -1.52. The molecule has 0 aliphatic heterocycles. The third kappa shape index (κ3) is 3.81. The Morgan fingerprint density at radius 3 is 2.64 bits per heavy atom. The van der Waals surface area contributed by atoms with Gasteiger partial charge in [-0.3, -0.25) is 0 Å². The molecule has 0 unspecified atom stereocenters. The Kier molecular flexibility index (Phi) is 6.11. The van der Waals surface area contributed by atoms with Crippen LogP contribution in [0.3, 0.4) is 0 Å². The van der Waals surface area contributed by atoms with E-state index in [2.05, 4.69) is 27.4 Å². The predicted molar refractivity (Wildman–Crippen MR) is 111 cm³/mol. The lowest BCUT2D eigenvalue weighted by Gasteiger charge is -2.58. The van der Waals surface area contributed by atoms with E-state index in [0.29, 0.717) is 35.0 Å². The van der Waals surface area contributed by atoms with E-state index >= 15 is 0 Å². The van der Waals surface area contributed by atoms with Gasteiger partial charge in [0, 0.05) is 12.7 Å². The Bertz CT molecular complexity index is 724. The molecule has 28 heavy (non-hydrogen) atoms. The van der Waals surface area contributed by atoms with Crippen LogP contribution in [0.15, 0.2) is 24.3 Å². The average Bonchev–Trinajstić information content (AvgIpc) is 2.63. The van der Waals surface area contributed by atoms with Crippen LogP contribution >= 0.6 is 0 Å². The van der Waals surface area contributed by atoms with Crippen molar-refractivity contribution in [2.24, 2.45) is 22.7 Å². The first-order chi connectivity index (χ1) is 13.2. The monoisotopic (exact) mass is 388 g/mol. The molecule has 0 spiro atoms. The van der Waals surface area contributed by atoms with Gasteiger partial charge < -0.3 is 19.7 Å². The number of allylic oxidation sites excluding steroid dienone is 1. The lowest BCUT2D eigenvalue weighted by Crippen LogP contribution is -2.50. The van der Waals surface area contributed by atoms with Crippen LogP contribution in [0.1, 0.15) is 64.0 Å². The second kappa shape index (κ2) is 8.08. The second-order valence-corrected chi connectivity index (χ2v) is 9.65. The van der Waals surface area contributed by atoms with Crippen LogP contribution < -0.4 is 4.74 Å². The summed E-state index contributed by atoms with van der Waals surface area (Å²) in [7, 11) is 1.58. The van der Waals surface area contributed by atoms with Gasteiger partial charge in [0.15, 0.2) is 6.79 Å². The van der Waals surface area contributed by atoms with Gasteiger partial charge in [-0.05, 0) is 72.5 Å². The summed E-state index contributed by atoms with van der Waals surface area (Å²) in [6.45, 7) is 11.7. The van der Waals surface area contributed by atoms with Crippen molar-refractivity contribution in [2.75, 3.05) is 13.9 Å². The third-order valence-corrected chi connectivity index (χ3v) is 7.49. The average molecular weight is 389 g/mol. The van der Waals surface area contributed by atoms with Crippen molar-refractivity contribution in [3.05, 3.63) is 35.4 Å². The molecule has 1 aromatic carbocycles. The highest BCUT2D eigenvalue weighted by Gasteiger charge is 2.52. The van der Waals surface area contributed by atoms with Crippen LogP contribution in [-0.4, -0.2) is 24.1 Å². The number of benzene rings is 1. The van der Waals surface area contributed by atoms with Crippen molar-refractivity contribution in [3.8, 4) is 11.5 Å². The van der Waals surface area contributed by atoms with Crippen molar-refractivity contribution >= 4 is 0 Å². The first-order valence-electron chi connectivity index (χ1n) is 10.5. The zero-order valence-corrected chi connectivity index (χ0v) is 17.9. The lowest BCUT2D eigenvalue weighted by atomic mass is 9.47. The highest BCUT2D eigenvalue weighted by atomic mass is 16.7. The van der Waals surface area contributed by atoms with Crippen molar-refractivity contribution in [3.63, 3.8) is 0 Å². The Morgan fingerprint density at radius 2 is 1.96 bits per heavy atom. The molecule has 0 bridgehead atoms. The molecule has 0 saturated heterocycles. The largest absolute Gasteiger partial charge is 0.508 e. The molecule has 4 nitrogen and oxygen atoms in total. The summed E-state index contributed by atoms with van der Waals surface area (Å²) in [4.78, 5) is 0. The molecule has 1 aromatic rings. The van der Waals surface area contributed by atoms with Gasteiger partial charge in [0.1, 0.15) is 11.5 Å². The van der Waals surface area contributed by atoms with Crippen molar-refractivity contribution in [1.82, 2.24) is 0 Å². The number of rotatable bonds is 6. The normalized spacial score (nSPS) is 29.4.